The van der Waals surface area contributed by atoms with Gasteiger partial charge in [-0.3, -0.25) is 0 Å². The normalized spacial score (nSPS) is 22.5. The molecule has 1 aromatic rings. The molecule has 1 aliphatic heterocycles. The molecule has 0 amide bonds. The largest absolute Gasteiger partial charge is 0.348 e. The monoisotopic (exact) mass is 301 g/mol. The molecule has 0 radical (unpaired) electrons. The number of halogens is 1. The molecule has 112 valence electrons. The van der Waals surface area contributed by atoms with Crippen molar-refractivity contribution >= 4 is 23.4 Å². The molecule has 1 aliphatic carbocycles. The third-order valence-corrected chi connectivity index (χ3v) is 5.95. The Morgan fingerprint density at radius 1 is 1.19 bits per heavy atom. The standard InChI is InChI=1S/C19H24ClN/c1-6-14-11-17-15(12-16(14)20)19(13(2)21(17)5)9-7-18(3,4)8-10-19/h6,11-12H,1-2,7-10H2,3-5H3. The van der Waals surface area contributed by atoms with Crippen LogP contribution in [0.1, 0.15) is 50.7 Å². The fourth-order valence-electron chi connectivity index (χ4n) is 3.93. The van der Waals surface area contributed by atoms with Gasteiger partial charge in [0.25, 0.3) is 0 Å². The molecule has 0 saturated heterocycles. The summed E-state index contributed by atoms with van der Waals surface area (Å²) in [5, 5.41) is 0.802. The lowest BCUT2D eigenvalue weighted by Gasteiger charge is -2.42. The van der Waals surface area contributed by atoms with Crippen LogP contribution in [0.3, 0.4) is 0 Å². The minimum absolute atomic E-state index is 0.0863. The number of allylic oxidation sites excluding steroid dienone is 1. The van der Waals surface area contributed by atoms with Crippen LogP contribution in [0.5, 0.6) is 0 Å². The third kappa shape index (κ3) is 2.05. The molecule has 0 atom stereocenters. The van der Waals surface area contributed by atoms with E-state index in [0.29, 0.717) is 5.41 Å². The number of hydrogen-bond acceptors (Lipinski definition) is 1. The Labute approximate surface area is 133 Å². The molecular weight excluding hydrogens is 278 g/mol. The number of fused-ring (bicyclic) bond motifs is 2. The third-order valence-electron chi connectivity index (χ3n) is 5.63. The van der Waals surface area contributed by atoms with Gasteiger partial charge in [0.15, 0.2) is 0 Å². The maximum Gasteiger partial charge on any atom is 0.0482 e. The van der Waals surface area contributed by atoms with Crippen LogP contribution in [0.2, 0.25) is 5.02 Å². The summed E-state index contributed by atoms with van der Waals surface area (Å²) in [7, 11) is 2.12. The Morgan fingerprint density at radius 2 is 1.81 bits per heavy atom. The van der Waals surface area contributed by atoms with Gasteiger partial charge in [-0.2, -0.15) is 0 Å². The minimum atomic E-state index is 0.0863. The second-order valence-electron chi connectivity index (χ2n) is 7.35. The zero-order valence-electron chi connectivity index (χ0n) is 13.3. The van der Waals surface area contributed by atoms with E-state index in [0.717, 1.165) is 10.6 Å². The van der Waals surface area contributed by atoms with Crippen LogP contribution in [0.25, 0.3) is 6.08 Å². The van der Waals surface area contributed by atoms with Crippen LogP contribution in [0, 0.1) is 5.41 Å². The maximum absolute atomic E-state index is 6.44. The first-order valence-electron chi connectivity index (χ1n) is 7.70. The number of rotatable bonds is 1. The van der Waals surface area contributed by atoms with Gasteiger partial charge in [0, 0.05) is 28.9 Å². The SMILES string of the molecule is C=Cc1cc2c(cc1Cl)C1(CCC(C)(C)CC1)C(=C)N2C. The number of hydrogen-bond donors (Lipinski definition) is 0. The zero-order chi connectivity index (χ0) is 15.4. The molecule has 1 saturated carbocycles. The summed E-state index contributed by atoms with van der Waals surface area (Å²) in [5.41, 5.74) is 5.37. The van der Waals surface area contributed by atoms with Gasteiger partial charge < -0.3 is 4.90 Å². The summed E-state index contributed by atoms with van der Waals surface area (Å²) in [4.78, 5) is 2.25. The van der Waals surface area contributed by atoms with Crippen molar-refractivity contribution in [1.82, 2.24) is 0 Å². The summed E-state index contributed by atoms with van der Waals surface area (Å²) in [6.45, 7) is 13.0. The van der Waals surface area contributed by atoms with Crippen molar-refractivity contribution < 1.29 is 0 Å². The molecule has 2 aliphatic rings. The van der Waals surface area contributed by atoms with Crippen molar-refractivity contribution in [3.8, 4) is 0 Å². The van der Waals surface area contributed by atoms with Crippen molar-refractivity contribution in [2.24, 2.45) is 5.41 Å². The summed E-state index contributed by atoms with van der Waals surface area (Å²) >= 11 is 6.44. The quantitative estimate of drug-likeness (QED) is 0.635. The van der Waals surface area contributed by atoms with Crippen molar-refractivity contribution in [3.63, 3.8) is 0 Å². The van der Waals surface area contributed by atoms with Crippen molar-refractivity contribution in [1.29, 1.82) is 0 Å². The molecule has 0 aromatic heterocycles. The highest BCUT2D eigenvalue weighted by atomic mass is 35.5. The van der Waals surface area contributed by atoms with Gasteiger partial charge >= 0.3 is 0 Å². The molecule has 2 heteroatoms. The van der Waals surface area contributed by atoms with Gasteiger partial charge in [-0.25, -0.2) is 0 Å². The Kier molecular flexibility index (Phi) is 3.25. The second kappa shape index (κ2) is 4.64. The van der Waals surface area contributed by atoms with Gasteiger partial charge in [0.05, 0.1) is 0 Å². The molecule has 1 nitrogen and oxygen atoms in total. The average molecular weight is 302 g/mol. The van der Waals surface area contributed by atoms with Crippen LogP contribution < -0.4 is 4.90 Å². The van der Waals surface area contributed by atoms with E-state index < -0.39 is 0 Å². The molecule has 1 spiro atoms. The number of anilines is 1. The Balaban J connectivity index is 2.12. The topological polar surface area (TPSA) is 3.24 Å². The predicted octanol–water partition coefficient (Wildman–Crippen LogP) is 5.78. The Hall–Kier alpha value is -1.21. The van der Waals surface area contributed by atoms with Crippen molar-refractivity contribution in [2.45, 2.75) is 44.9 Å². The van der Waals surface area contributed by atoms with E-state index >= 15 is 0 Å². The number of likely N-dealkylation sites (N-methyl/N-ethyl adjacent to an activating group) is 1. The zero-order valence-corrected chi connectivity index (χ0v) is 14.1. The Morgan fingerprint density at radius 3 is 2.38 bits per heavy atom. The molecule has 1 fully saturated rings. The highest BCUT2D eigenvalue weighted by Crippen LogP contribution is 2.57. The summed E-state index contributed by atoms with van der Waals surface area (Å²) in [5.74, 6) is 0. The molecule has 0 N–H and O–H groups in total. The lowest BCUT2D eigenvalue weighted by molar-refractivity contribution is 0.186. The fourth-order valence-corrected chi connectivity index (χ4v) is 4.17. The second-order valence-corrected chi connectivity index (χ2v) is 7.75. The maximum atomic E-state index is 6.44. The molecular formula is C19H24ClN. The number of nitrogens with zero attached hydrogens (tertiary/aromatic N) is 1. The smallest absolute Gasteiger partial charge is 0.0482 e. The van der Waals surface area contributed by atoms with Gasteiger partial charge in [-0.1, -0.05) is 44.7 Å². The van der Waals surface area contributed by atoms with Crippen LogP contribution >= 0.6 is 11.6 Å². The van der Waals surface area contributed by atoms with E-state index in [-0.39, 0.29) is 5.41 Å². The van der Waals surface area contributed by atoms with E-state index in [1.54, 1.807) is 0 Å². The van der Waals surface area contributed by atoms with E-state index in [1.807, 2.05) is 6.08 Å². The van der Waals surface area contributed by atoms with Gasteiger partial charge in [0.2, 0.25) is 0 Å². The van der Waals surface area contributed by atoms with Crippen LogP contribution in [-0.2, 0) is 5.41 Å². The van der Waals surface area contributed by atoms with Crippen molar-refractivity contribution in [3.05, 3.63) is 47.1 Å². The van der Waals surface area contributed by atoms with Crippen LogP contribution in [-0.4, -0.2) is 7.05 Å². The first-order valence-corrected chi connectivity index (χ1v) is 8.08. The molecule has 1 heterocycles. The summed E-state index contributed by atoms with van der Waals surface area (Å²) < 4.78 is 0. The molecule has 1 aromatic carbocycles. The highest BCUT2D eigenvalue weighted by molar-refractivity contribution is 6.32. The minimum Gasteiger partial charge on any atom is -0.348 e. The van der Waals surface area contributed by atoms with Gasteiger partial charge in [-0.05, 0) is 54.4 Å². The van der Waals surface area contributed by atoms with Crippen LogP contribution in [0.15, 0.2) is 31.0 Å². The van der Waals surface area contributed by atoms with Crippen LogP contribution in [0.4, 0.5) is 5.69 Å². The average Bonchev–Trinajstić information content (AvgIpc) is 2.64. The fraction of sp³-hybridized carbons (Fsp3) is 0.474. The lowest BCUT2D eigenvalue weighted by Crippen LogP contribution is -2.36. The summed E-state index contributed by atoms with van der Waals surface area (Å²) in [6, 6.07) is 4.31. The highest BCUT2D eigenvalue weighted by Gasteiger charge is 2.48. The van der Waals surface area contributed by atoms with E-state index in [2.05, 4.69) is 51.1 Å². The first kappa shape index (κ1) is 14.7. The van der Waals surface area contributed by atoms with Gasteiger partial charge in [-0.15, -0.1) is 0 Å². The molecule has 0 bridgehead atoms. The summed E-state index contributed by atoms with van der Waals surface area (Å²) in [6.07, 6.45) is 6.63. The number of benzene rings is 1. The molecule has 0 unspecified atom stereocenters. The van der Waals surface area contributed by atoms with E-state index in [4.69, 9.17) is 11.6 Å². The molecule has 3 rings (SSSR count). The lowest BCUT2D eigenvalue weighted by atomic mass is 9.62. The Bertz CT molecular complexity index is 617. The van der Waals surface area contributed by atoms with Gasteiger partial charge in [0.1, 0.15) is 0 Å². The van der Waals surface area contributed by atoms with Crippen molar-refractivity contribution in [2.75, 3.05) is 11.9 Å². The van der Waals surface area contributed by atoms with E-state index in [9.17, 15) is 0 Å². The van der Waals surface area contributed by atoms with E-state index in [1.165, 1.54) is 42.6 Å². The molecule has 21 heavy (non-hydrogen) atoms. The first-order chi connectivity index (χ1) is 9.81. The predicted molar refractivity (Wildman–Crippen MR) is 93.0 cm³/mol.